The monoisotopic (exact) mass is 380 g/mol. The molecule has 2 aromatic rings. The van der Waals surface area contributed by atoms with Crippen LogP contribution in [-0.4, -0.2) is 39.6 Å². The number of carbonyl (C=O) groups excluding carboxylic acids is 1. The molecule has 0 aliphatic carbocycles. The van der Waals surface area contributed by atoms with E-state index in [4.69, 9.17) is 14.2 Å². The van der Waals surface area contributed by atoms with Crippen molar-refractivity contribution in [3.8, 4) is 23.0 Å². The molecule has 0 unspecified atom stereocenters. The van der Waals surface area contributed by atoms with Gasteiger partial charge in [0.1, 0.15) is 0 Å². The molecule has 144 valence electrons. The van der Waals surface area contributed by atoms with Gasteiger partial charge in [0.05, 0.1) is 20.4 Å². The lowest BCUT2D eigenvalue weighted by molar-refractivity contribution is -0.123. The van der Waals surface area contributed by atoms with Gasteiger partial charge in [0.25, 0.3) is 5.91 Å². The number of ether oxygens (including phenoxy) is 4. The average Bonchev–Trinajstić information content (AvgIpc) is 2.67. The number of nitrogens with zero attached hydrogens (tertiary/aromatic N) is 1. The summed E-state index contributed by atoms with van der Waals surface area (Å²) in [6.45, 7) is -3.22. The van der Waals surface area contributed by atoms with Crippen LogP contribution in [0.4, 0.5) is 8.78 Å². The van der Waals surface area contributed by atoms with Gasteiger partial charge in [-0.05, 0) is 35.9 Å². The van der Waals surface area contributed by atoms with Crippen molar-refractivity contribution >= 4 is 12.1 Å². The van der Waals surface area contributed by atoms with E-state index >= 15 is 0 Å². The van der Waals surface area contributed by atoms with Gasteiger partial charge >= 0.3 is 6.61 Å². The molecule has 0 aromatic heterocycles. The van der Waals surface area contributed by atoms with E-state index in [1.165, 1.54) is 38.6 Å². The Morgan fingerprint density at radius 1 is 1.07 bits per heavy atom. The van der Waals surface area contributed by atoms with Gasteiger partial charge in [0, 0.05) is 0 Å². The fourth-order valence-corrected chi connectivity index (χ4v) is 2.05. The number of para-hydroxylation sites is 2. The summed E-state index contributed by atoms with van der Waals surface area (Å²) in [5.74, 6) is 0.469. The predicted octanol–water partition coefficient (Wildman–Crippen LogP) is 2.83. The van der Waals surface area contributed by atoms with Gasteiger partial charge in [0.15, 0.2) is 29.6 Å². The van der Waals surface area contributed by atoms with Crippen LogP contribution in [0.15, 0.2) is 47.6 Å². The third-order valence-corrected chi connectivity index (χ3v) is 3.23. The van der Waals surface area contributed by atoms with Crippen LogP contribution in [0, 0.1) is 0 Å². The first-order chi connectivity index (χ1) is 13.0. The summed E-state index contributed by atoms with van der Waals surface area (Å²) in [7, 11) is 2.82. The van der Waals surface area contributed by atoms with E-state index in [0.717, 1.165) is 0 Å². The Hall–Kier alpha value is -3.36. The summed E-state index contributed by atoms with van der Waals surface area (Å²) in [6.07, 6.45) is 1.33. The van der Waals surface area contributed by atoms with E-state index in [1.807, 2.05) is 0 Å². The number of hydrazone groups is 1. The van der Waals surface area contributed by atoms with Gasteiger partial charge in [-0.15, -0.1) is 0 Å². The number of amides is 1. The van der Waals surface area contributed by atoms with Crippen molar-refractivity contribution < 1.29 is 32.5 Å². The Labute approximate surface area is 154 Å². The summed E-state index contributed by atoms with van der Waals surface area (Å²) in [5.41, 5.74) is 2.81. The van der Waals surface area contributed by atoms with E-state index in [-0.39, 0.29) is 18.1 Å². The summed E-state index contributed by atoms with van der Waals surface area (Å²) in [5, 5.41) is 3.78. The van der Waals surface area contributed by atoms with E-state index < -0.39 is 12.5 Å². The predicted molar refractivity (Wildman–Crippen MR) is 93.9 cm³/mol. The molecule has 2 rings (SSSR count). The third-order valence-electron chi connectivity index (χ3n) is 3.23. The van der Waals surface area contributed by atoms with Crippen molar-refractivity contribution in [3.05, 3.63) is 48.0 Å². The number of benzene rings is 2. The minimum Gasteiger partial charge on any atom is -0.493 e. The van der Waals surface area contributed by atoms with Crippen molar-refractivity contribution in [2.45, 2.75) is 6.61 Å². The first-order valence-corrected chi connectivity index (χ1v) is 7.74. The number of hydrogen-bond acceptors (Lipinski definition) is 6. The molecule has 0 spiro atoms. The number of hydrogen-bond donors (Lipinski definition) is 1. The van der Waals surface area contributed by atoms with Crippen LogP contribution in [0.25, 0.3) is 0 Å². The molecule has 9 heteroatoms. The summed E-state index contributed by atoms with van der Waals surface area (Å²) >= 11 is 0. The van der Waals surface area contributed by atoms with Crippen LogP contribution in [0.3, 0.4) is 0 Å². The standard InChI is InChI=1S/C18H18F2N2O5/c1-24-13-5-3-4-6-14(13)26-11-17(23)22-21-10-12-7-8-15(27-18(19)20)16(9-12)25-2/h3-10,18H,11H2,1-2H3,(H,22,23)/b21-10-. The number of carbonyl (C=O) groups is 1. The highest BCUT2D eigenvalue weighted by Gasteiger charge is 2.10. The molecule has 1 amide bonds. The molecule has 0 bridgehead atoms. The molecule has 0 aliphatic heterocycles. The number of alkyl halides is 2. The van der Waals surface area contributed by atoms with Gasteiger partial charge in [0.2, 0.25) is 0 Å². The summed E-state index contributed by atoms with van der Waals surface area (Å²) in [4.78, 5) is 11.8. The fraction of sp³-hybridized carbons (Fsp3) is 0.222. The van der Waals surface area contributed by atoms with Gasteiger partial charge in [-0.1, -0.05) is 12.1 Å². The average molecular weight is 380 g/mol. The lowest BCUT2D eigenvalue weighted by Crippen LogP contribution is -2.24. The molecule has 0 aliphatic rings. The molecule has 2 aromatic carbocycles. The second-order valence-electron chi connectivity index (χ2n) is 5.02. The van der Waals surface area contributed by atoms with E-state index in [9.17, 15) is 13.6 Å². The summed E-state index contributed by atoms with van der Waals surface area (Å²) < 4.78 is 44.4. The van der Waals surface area contributed by atoms with Crippen molar-refractivity contribution in [1.29, 1.82) is 0 Å². The zero-order valence-electron chi connectivity index (χ0n) is 14.6. The second kappa shape index (κ2) is 9.95. The van der Waals surface area contributed by atoms with Crippen LogP contribution in [0.5, 0.6) is 23.0 Å². The highest BCUT2D eigenvalue weighted by atomic mass is 19.3. The first-order valence-electron chi connectivity index (χ1n) is 7.74. The minimum atomic E-state index is -2.96. The Bertz CT molecular complexity index is 799. The third kappa shape index (κ3) is 6.14. The molecule has 0 saturated carbocycles. The molecule has 0 atom stereocenters. The Kier molecular flexibility index (Phi) is 7.36. The molecule has 7 nitrogen and oxygen atoms in total. The number of nitrogens with one attached hydrogen (secondary N) is 1. The van der Waals surface area contributed by atoms with Gasteiger partial charge < -0.3 is 18.9 Å². The molecular weight excluding hydrogens is 362 g/mol. The molecule has 0 radical (unpaired) electrons. The molecule has 0 fully saturated rings. The largest absolute Gasteiger partial charge is 0.493 e. The highest BCUT2D eigenvalue weighted by Crippen LogP contribution is 2.29. The van der Waals surface area contributed by atoms with Crippen LogP contribution >= 0.6 is 0 Å². The normalized spacial score (nSPS) is 10.7. The Morgan fingerprint density at radius 3 is 2.44 bits per heavy atom. The lowest BCUT2D eigenvalue weighted by Gasteiger charge is -2.10. The second-order valence-corrected chi connectivity index (χ2v) is 5.02. The van der Waals surface area contributed by atoms with Crippen molar-refractivity contribution in [2.75, 3.05) is 20.8 Å². The Balaban J connectivity index is 1.90. The van der Waals surface area contributed by atoms with E-state index in [2.05, 4.69) is 15.3 Å². The fourth-order valence-electron chi connectivity index (χ4n) is 2.05. The van der Waals surface area contributed by atoms with Gasteiger partial charge in [-0.2, -0.15) is 13.9 Å². The molecule has 0 heterocycles. The maximum absolute atomic E-state index is 12.3. The topological polar surface area (TPSA) is 78.4 Å². The Morgan fingerprint density at radius 2 is 1.78 bits per heavy atom. The molecule has 1 N–H and O–H groups in total. The maximum atomic E-state index is 12.3. The van der Waals surface area contributed by atoms with Crippen molar-refractivity contribution in [3.63, 3.8) is 0 Å². The van der Waals surface area contributed by atoms with E-state index in [1.54, 1.807) is 24.3 Å². The van der Waals surface area contributed by atoms with Gasteiger partial charge in [-0.25, -0.2) is 5.43 Å². The molecular formula is C18H18F2N2O5. The quantitative estimate of drug-likeness (QED) is 0.535. The molecule has 27 heavy (non-hydrogen) atoms. The first kappa shape index (κ1) is 20.0. The zero-order chi connectivity index (χ0) is 19.6. The smallest absolute Gasteiger partial charge is 0.387 e. The van der Waals surface area contributed by atoms with Crippen LogP contribution in [0.1, 0.15) is 5.56 Å². The van der Waals surface area contributed by atoms with Crippen LogP contribution in [0.2, 0.25) is 0 Å². The lowest BCUT2D eigenvalue weighted by atomic mass is 10.2. The van der Waals surface area contributed by atoms with Crippen molar-refractivity contribution in [2.24, 2.45) is 5.10 Å². The maximum Gasteiger partial charge on any atom is 0.387 e. The number of methoxy groups -OCH3 is 2. The minimum absolute atomic E-state index is 0.0982. The van der Waals surface area contributed by atoms with Gasteiger partial charge in [-0.3, -0.25) is 4.79 Å². The molecule has 0 saturated heterocycles. The number of halogens is 2. The van der Waals surface area contributed by atoms with Crippen LogP contribution < -0.4 is 24.4 Å². The SMILES string of the molecule is COc1ccccc1OCC(=O)N/N=C\c1ccc(OC(F)F)c(OC)c1. The summed E-state index contributed by atoms with van der Waals surface area (Å²) in [6, 6.07) is 11.2. The van der Waals surface area contributed by atoms with Crippen molar-refractivity contribution in [1.82, 2.24) is 5.43 Å². The van der Waals surface area contributed by atoms with Crippen LogP contribution in [-0.2, 0) is 4.79 Å². The highest BCUT2D eigenvalue weighted by molar-refractivity contribution is 5.83. The number of rotatable bonds is 9. The van der Waals surface area contributed by atoms with E-state index in [0.29, 0.717) is 17.1 Å². The zero-order valence-corrected chi connectivity index (χ0v) is 14.6.